The number of phosphoric ester groups is 1. The fourth-order valence-corrected chi connectivity index (χ4v) is 5.19. The van der Waals surface area contributed by atoms with Crippen LogP contribution in [0.5, 0.6) is 0 Å². The Morgan fingerprint density at radius 3 is 1.70 bits per heavy atom. The van der Waals surface area contributed by atoms with Crippen molar-refractivity contribution in [2.24, 2.45) is 10.8 Å². The number of phosphoric acid groups is 1. The van der Waals surface area contributed by atoms with Crippen LogP contribution in [0.3, 0.4) is 0 Å². The molecule has 2 rings (SSSR count). The van der Waals surface area contributed by atoms with E-state index in [9.17, 15) is 9.13 Å². The molecule has 0 amide bonds. The van der Waals surface area contributed by atoms with Gasteiger partial charge in [-0.15, -0.1) is 0 Å². The molecule has 0 bridgehead atoms. The minimum Gasteiger partial charge on any atom is -0.306 e. The van der Waals surface area contributed by atoms with Gasteiger partial charge < -0.3 is 9.05 Å². The molecule has 9 heteroatoms. The molecule has 2 aliphatic heterocycles. The Morgan fingerprint density at radius 2 is 1.25 bits per heavy atom. The third-order valence-electron chi connectivity index (χ3n) is 2.90. The largest absolute Gasteiger partial charge is 0.475 e. The van der Waals surface area contributed by atoms with Crippen LogP contribution in [-0.4, -0.2) is 32.8 Å². The van der Waals surface area contributed by atoms with Crippen LogP contribution in [0.1, 0.15) is 27.7 Å². The van der Waals surface area contributed by atoms with Gasteiger partial charge in [-0.3, -0.25) is 18.1 Å². The SMILES string of the molecule is CC1(C)COP(=O)(COP2(=O)OCC(C)(C)CO2)OC1. The molecule has 7 nitrogen and oxygen atoms in total. The smallest absolute Gasteiger partial charge is 0.306 e. The highest BCUT2D eigenvalue weighted by atomic mass is 31.2. The van der Waals surface area contributed by atoms with Crippen molar-refractivity contribution in [3.05, 3.63) is 0 Å². The monoisotopic (exact) mass is 328 g/mol. The van der Waals surface area contributed by atoms with E-state index >= 15 is 0 Å². The van der Waals surface area contributed by atoms with Gasteiger partial charge in [0, 0.05) is 10.8 Å². The summed E-state index contributed by atoms with van der Waals surface area (Å²) in [5.41, 5.74) is -0.413. The van der Waals surface area contributed by atoms with Gasteiger partial charge in [-0.2, -0.15) is 0 Å². The van der Waals surface area contributed by atoms with Crippen molar-refractivity contribution in [1.29, 1.82) is 0 Å². The van der Waals surface area contributed by atoms with E-state index in [1.807, 2.05) is 27.7 Å². The van der Waals surface area contributed by atoms with Crippen LogP contribution in [0.2, 0.25) is 0 Å². The van der Waals surface area contributed by atoms with E-state index in [4.69, 9.17) is 22.6 Å². The summed E-state index contributed by atoms with van der Waals surface area (Å²) in [6.45, 7) is 8.83. The maximum absolute atomic E-state index is 12.2. The Balaban J connectivity index is 1.87. The van der Waals surface area contributed by atoms with E-state index < -0.39 is 21.8 Å². The van der Waals surface area contributed by atoms with Crippen LogP contribution < -0.4 is 0 Å². The summed E-state index contributed by atoms with van der Waals surface area (Å²) in [5.74, 6) is 0. The molecule has 2 aliphatic rings. The van der Waals surface area contributed by atoms with Gasteiger partial charge in [-0.25, -0.2) is 4.57 Å². The first-order valence-electron chi connectivity index (χ1n) is 6.45. The molecular formula is C11H22O7P2. The zero-order valence-corrected chi connectivity index (χ0v) is 14.1. The highest BCUT2D eigenvalue weighted by Crippen LogP contribution is 2.60. The standard InChI is InChI=1S/C11H22O7P2/c1-10(2)5-14-19(12,15-6-10)9-18-20(13)16-7-11(3,4)8-17-20/h5-9H2,1-4H3. The minimum atomic E-state index is -3.67. The summed E-state index contributed by atoms with van der Waals surface area (Å²) in [7, 11) is -7.06. The quantitative estimate of drug-likeness (QED) is 0.734. The fourth-order valence-electron chi connectivity index (χ4n) is 1.50. The highest BCUT2D eigenvalue weighted by molar-refractivity contribution is 7.55. The molecule has 118 valence electrons. The van der Waals surface area contributed by atoms with Crippen molar-refractivity contribution >= 4 is 15.4 Å². The lowest BCUT2D eigenvalue weighted by molar-refractivity contribution is -0.00183. The summed E-state index contributed by atoms with van der Waals surface area (Å²) >= 11 is 0. The van der Waals surface area contributed by atoms with Crippen LogP contribution in [0.25, 0.3) is 0 Å². The predicted octanol–water partition coefficient (Wildman–Crippen LogP) is 3.41. The molecule has 0 spiro atoms. The molecule has 2 heterocycles. The minimum absolute atomic E-state index is 0.194. The van der Waals surface area contributed by atoms with Crippen molar-refractivity contribution < 1.29 is 31.7 Å². The second kappa shape index (κ2) is 5.47. The second-order valence-corrected chi connectivity index (χ2v) is 10.4. The van der Waals surface area contributed by atoms with E-state index in [0.717, 1.165) is 0 Å². The van der Waals surface area contributed by atoms with Gasteiger partial charge in [0.15, 0.2) is 6.35 Å². The van der Waals surface area contributed by atoms with Gasteiger partial charge in [0.1, 0.15) is 0 Å². The average Bonchev–Trinajstić information content (AvgIpc) is 2.36. The lowest BCUT2D eigenvalue weighted by Gasteiger charge is -2.35. The third-order valence-corrected chi connectivity index (χ3v) is 5.93. The molecule has 2 fully saturated rings. The highest BCUT2D eigenvalue weighted by Gasteiger charge is 2.43. The van der Waals surface area contributed by atoms with Crippen molar-refractivity contribution in [3.63, 3.8) is 0 Å². The van der Waals surface area contributed by atoms with E-state index in [0.29, 0.717) is 13.2 Å². The molecule has 0 aromatic heterocycles. The molecular weight excluding hydrogens is 306 g/mol. The van der Waals surface area contributed by atoms with Crippen LogP contribution >= 0.6 is 15.4 Å². The van der Waals surface area contributed by atoms with Crippen LogP contribution in [0.15, 0.2) is 0 Å². The molecule has 0 atom stereocenters. The average molecular weight is 328 g/mol. The summed E-state index contributed by atoms with van der Waals surface area (Å²) < 4.78 is 50.2. The molecule has 20 heavy (non-hydrogen) atoms. The molecule has 0 aromatic carbocycles. The second-order valence-electron chi connectivity index (χ2n) is 6.74. The van der Waals surface area contributed by atoms with Gasteiger partial charge in [0.25, 0.3) is 0 Å². The lowest BCUT2D eigenvalue weighted by atomic mass is 9.97. The van der Waals surface area contributed by atoms with E-state index in [-0.39, 0.29) is 24.0 Å². The molecule has 0 aromatic rings. The maximum Gasteiger partial charge on any atom is 0.475 e. The lowest BCUT2D eigenvalue weighted by Crippen LogP contribution is -2.31. The van der Waals surface area contributed by atoms with Crippen LogP contribution in [-0.2, 0) is 31.7 Å². The Morgan fingerprint density at radius 1 is 0.850 bits per heavy atom. The van der Waals surface area contributed by atoms with Gasteiger partial charge in [-0.1, -0.05) is 27.7 Å². The van der Waals surface area contributed by atoms with Crippen molar-refractivity contribution in [1.82, 2.24) is 0 Å². The summed E-state index contributed by atoms with van der Waals surface area (Å²) in [5, 5.41) is 0. The number of hydrogen-bond donors (Lipinski definition) is 0. The van der Waals surface area contributed by atoms with Crippen molar-refractivity contribution in [3.8, 4) is 0 Å². The van der Waals surface area contributed by atoms with Gasteiger partial charge in [0.2, 0.25) is 0 Å². The first-order valence-corrected chi connectivity index (χ1v) is 9.64. The Kier molecular flexibility index (Phi) is 4.55. The summed E-state index contributed by atoms with van der Waals surface area (Å²) in [6, 6.07) is 0. The predicted molar refractivity (Wildman–Crippen MR) is 72.5 cm³/mol. The van der Waals surface area contributed by atoms with Crippen LogP contribution in [0, 0.1) is 10.8 Å². The molecule has 2 saturated heterocycles. The zero-order chi connectivity index (χ0) is 15.1. The van der Waals surface area contributed by atoms with Gasteiger partial charge in [-0.05, 0) is 0 Å². The zero-order valence-electron chi connectivity index (χ0n) is 12.3. The topological polar surface area (TPSA) is 80.3 Å². The number of hydrogen-bond acceptors (Lipinski definition) is 7. The number of rotatable bonds is 3. The first kappa shape index (κ1) is 16.6. The first-order chi connectivity index (χ1) is 9.04. The van der Waals surface area contributed by atoms with Gasteiger partial charge >= 0.3 is 15.4 Å². The van der Waals surface area contributed by atoms with E-state index in [2.05, 4.69) is 0 Å². The maximum atomic E-state index is 12.2. The van der Waals surface area contributed by atoms with Gasteiger partial charge in [0.05, 0.1) is 26.4 Å². The molecule has 0 radical (unpaired) electrons. The summed E-state index contributed by atoms with van der Waals surface area (Å²) in [6.07, 6.45) is -0.430. The third kappa shape index (κ3) is 4.38. The van der Waals surface area contributed by atoms with Crippen molar-refractivity contribution in [2.75, 3.05) is 32.8 Å². The molecule has 0 aliphatic carbocycles. The Hall–Kier alpha value is 0.260. The molecule has 0 unspecified atom stereocenters. The van der Waals surface area contributed by atoms with E-state index in [1.165, 1.54) is 0 Å². The molecule has 0 N–H and O–H groups in total. The molecule has 0 saturated carbocycles. The fraction of sp³-hybridized carbons (Fsp3) is 1.00. The van der Waals surface area contributed by atoms with Crippen LogP contribution in [0.4, 0.5) is 0 Å². The summed E-state index contributed by atoms with van der Waals surface area (Å²) in [4.78, 5) is 0. The Bertz CT molecular complexity index is 390. The van der Waals surface area contributed by atoms with E-state index in [1.54, 1.807) is 0 Å². The Labute approximate surface area is 119 Å². The van der Waals surface area contributed by atoms with Crippen molar-refractivity contribution in [2.45, 2.75) is 27.7 Å². The normalized spacial score (nSPS) is 30.8.